The highest BCUT2D eigenvalue weighted by Crippen LogP contribution is 2.28. The second kappa shape index (κ2) is 4.85. The summed E-state index contributed by atoms with van der Waals surface area (Å²) in [6.07, 6.45) is 1.40. The lowest BCUT2D eigenvalue weighted by atomic mass is 10.3. The van der Waals surface area contributed by atoms with E-state index in [1.807, 2.05) is 0 Å². The van der Waals surface area contributed by atoms with E-state index in [2.05, 4.69) is 10.3 Å². The summed E-state index contributed by atoms with van der Waals surface area (Å²) >= 11 is 11.4. The summed E-state index contributed by atoms with van der Waals surface area (Å²) < 4.78 is 26.3. The van der Waals surface area contributed by atoms with Gasteiger partial charge in [-0.05, 0) is 18.2 Å². The number of pyridine rings is 1. The fraction of sp³-hybridized carbons (Fsp3) is 0. The van der Waals surface area contributed by atoms with Crippen LogP contribution in [-0.4, -0.2) is 4.98 Å². The molecule has 0 aliphatic rings. The van der Waals surface area contributed by atoms with Crippen LogP contribution in [0.15, 0.2) is 30.5 Å². The molecule has 2 aromatic rings. The topological polar surface area (TPSA) is 24.9 Å². The second-order valence-corrected chi connectivity index (χ2v) is 4.07. The molecule has 0 unspecified atom stereocenters. The van der Waals surface area contributed by atoms with Crippen molar-refractivity contribution >= 4 is 34.7 Å². The molecule has 0 saturated heterocycles. The molecule has 1 N–H and O–H groups in total. The van der Waals surface area contributed by atoms with Crippen LogP contribution in [-0.2, 0) is 0 Å². The van der Waals surface area contributed by atoms with E-state index >= 15 is 0 Å². The lowest BCUT2D eigenvalue weighted by Gasteiger charge is -2.08. The molecule has 0 bridgehead atoms. The van der Waals surface area contributed by atoms with Gasteiger partial charge in [0.15, 0.2) is 5.82 Å². The number of halogens is 4. The van der Waals surface area contributed by atoms with Crippen LogP contribution in [0.25, 0.3) is 0 Å². The second-order valence-electron chi connectivity index (χ2n) is 3.23. The molecule has 0 saturated carbocycles. The fourth-order valence-corrected chi connectivity index (χ4v) is 1.59. The summed E-state index contributed by atoms with van der Waals surface area (Å²) in [5.41, 5.74) is -0.0251. The van der Waals surface area contributed by atoms with Gasteiger partial charge in [-0.2, -0.15) is 0 Å². The number of nitrogens with one attached hydrogen (secondary N) is 1. The maximum absolute atomic E-state index is 13.4. The Morgan fingerprint density at radius 2 is 1.88 bits per heavy atom. The lowest BCUT2D eigenvalue weighted by molar-refractivity contribution is 0.586. The summed E-state index contributed by atoms with van der Waals surface area (Å²) in [5, 5.41) is 3.05. The summed E-state index contributed by atoms with van der Waals surface area (Å²) in [6.45, 7) is 0. The Morgan fingerprint density at radius 1 is 1.12 bits per heavy atom. The molecular weight excluding hydrogens is 269 g/mol. The molecule has 6 heteroatoms. The first-order valence-electron chi connectivity index (χ1n) is 4.59. The average Bonchev–Trinajstić information content (AvgIpc) is 2.26. The minimum atomic E-state index is -0.785. The summed E-state index contributed by atoms with van der Waals surface area (Å²) in [5.74, 6) is -1.16. The monoisotopic (exact) mass is 274 g/mol. The van der Waals surface area contributed by atoms with Crippen LogP contribution in [0.5, 0.6) is 0 Å². The highest BCUT2D eigenvalue weighted by atomic mass is 35.5. The largest absolute Gasteiger partial charge is 0.337 e. The molecule has 1 aromatic carbocycles. The fourth-order valence-electron chi connectivity index (χ4n) is 1.24. The van der Waals surface area contributed by atoms with E-state index in [4.69, 9.17) is 23.2 Å². The molecule has 0 aliphatic heterocycles. The Labute approximate surface area is 106 Å². The van der Waals surface area contributed by atoms with Crippen LogP contribution < -0.4 is 5.32 Å². The molecule has 0 spiro atoms. The van der Waals surface area contributed by atoms with Crippen molar-refractivity contribution in [3.8, 4) is 0 Å². The van der Waals surface area contributed by atoms with E-state index in [9.17, 15) is 8.78 Å². The Kier molecular flexibility index (Phi) is 3.45. The van der Waals surface area contributed by atoms with E-state index in [1.165, 1.54) is 6.20 Å². The quantitative estimate of drug-likeness (QED) is 0.878. The van der Waals surface area contributed by atoms with E-state index < -0.39 is 11.6 Å². The van der Waals surface area contributed by atoms with Gasteiger partial charge in [0.05, 0.1) is 15.7 Å². The van der Waals surface area contributed by atoms with Gasteiger partial charge >= 0.3 is 0 Å². The third-order valence-corrected chi connectivity index (χ3v) is 2.51. The third kappa shape index (κ3) is 2.84. The molecule has 1 aromatic heterocycles. The van der Waals surface area contributed by atoms with Crippen molar-refractivity contribution in [1.29, 1.82) is 0 Å². The van der Waals surface area contributed by atoms with Crippen LogP contribution in [0.4, 0.5) is 20.3 Å². The third-order valence-electron chi connectivity index (χ3n) is 1.99. The standard InChI is InChI=1S/C11H6Cl2F2N2/c12-6-1-2-10(16-5-6)17-11-8(13)3-7(14)4-9(11)15/h1-5H,(H,16,17). The predicted octanol–water partition coefficient (Wildman–Crippen LogP) is 4.41. The van der Waals surface area contributed by atoms with E-state index in [0.29, 0.717) is 10.8 Å². The van der Waals surface area contributed by atoms with E-state index in [-0.39, 0.29) is 10.7 Å². The van der Waals surface area contributed by atoms with Crippen molar-refractivity contribution in [2.75, 3.05) is 5.32 Å². The zero-order chi connectivity index (χ0) is 12.4. The molecule has 0 radical (unpaired) electrons. The summed E-state index contributed by atoms with van der Waals surface area (Å²) in [4.78, 5) is 3.92. The van der Waals surface area contributed by atoms with Crippen molar-refractivity contribution in [1.82, 2.24) is 4.98 Å². The molecule has 2 nitrogen and oxygen atoms in total. The minimum Gasteiger partial charge on any atom is -0.337 e. The van der Waals surface area contributed by atoms with Crippen molar-refractivity contribution < 1.29 is 8.78 Å². The van der Waals surface area contributed by atoms with Crippen LogP contribution in [0.2, 0.25) is 10.0 Å². The van der Waals surface area contributed by atoms with Gasteiger partial charge in [-0.25, -0.2) is 13.8 Å². The Hall–Kier alpha value is -1.39. The normalized spacial score (nSPS) is 10.4. The van der Waals surface area contributed by atoms with Crippen LogP contribution in [0.1, 0.15) is 0 Å². The van der Waals surface area contributed by atoms with Gasteiger partial charge < -0.3 is 5.32 Å². The first-order chi connectivity index (χ1) is 8.06. The number of hydrogen-bond donors (Lipinski definition) is 1. The van der Waals surface area contributed by atoms with Gasteiger partial charge in [-0.3, -0.25) is 0 Å². The SMILES string of the molecule is Fc1cc(F)c(Nc2ccc(Cl)cn2)c(Cl)c1. The number of aromatic nitrogens is 1. The number of hydrogen-bond acceptors (Lipinski definition) is 2. The Morgan fingerprint density at radius 3 is 2.47 bits per heavy atom. The van der Waals surface area contributed by atoms with E-state index in [0.717, 1.165) is 12.1 Å². The molecule has 1 heterocycles. The van der Waals surface area contributed by atoms with Crippen molar-refractivity contribution in [2.45, 2.75) is 0 Å². The smallest absolute Gasteiger partial charge is 0.151 e. The van der Waals surface area contributed by atoms with Crippen molar-refractivity contribution in [3.63, 3.8) is 0 Å². The Bertz CT molecular complexity index is 521. The zero-order valence-corrected chi connectivity index (χ0v) is 9.86. The van der Waals surface area contributed by atoms with Crippen LogP contribution >= 0.6 is 23.2 Å². The van der Waals surface area contributed by atoms with Gasteiger partial charge in [0, 0.05) is 12.3 Å². The minimum absolute atomic E-state index is 0.0251. The van der Waals surface area contributed by atoms with Crippen LogP contribution in [0, 0.1) is 11.6 Å². The van der Waals surface area contributed by atoms with Gasteiger partial charge in [0.25, 0.3) is 0 Å². The maximum Gasteiger partial charge on any atom is 0.151 e. The maximum atomic E-state index is 13.4. The molecule has 2 rings (SSSR count). The van der Waals surface area contributed by atoms with Crippen LogP contribution in [0.3, 0.4) is 0 Å². The van der Waals surface area contributed by atoms with Crippen molar-refractivity contribution in [2.24, 2.45) is 0 Å². The zero-order valence-electron chi connectivity index (χ0n) is 8.35. The van der Waals surface area contributed by atoms with Gasteiger partial charge in [0.1, 0.15) is 11.6 Å². The van der Waals surface area contributed by atoms with Gasteiger partial charge in [-0.15, -0.1) is 0 Å². The molecule has 0 aliphatic carbocycles. The van der Waals surface area contributed by atoms with E-state index in [1.54, 1.807) is 12.1 Å². The van der Waals surface area contributed by atoms with Gasteiger partial charge in [0.2, 0.25) is 0 Å². The first kappa shape index (κ1) is 12.1. The number of nitrogens with zero attached hydrogens (tertiary/aromatic N) is 1. The average molecular weight is 275 g/mol. The predicted molar refractivity (Wildman–Crippen MR) is 63.9 cm³/mol. The Balaban J connectivity index is 2.33. The summed E-state index contributed by atoms with van der Waals surface area (Å²) in [7, 11) is 0. The van der Waals surface area contributed by atoms with Gasteiger partial charge in [-0.1, -0.05) is 23.2 Å². The molecule has 88 valence electrons. The lowest BCUT2D eigenvalue weighted by Crippen LogP contribution is -1.97. The molecular formula is C11H6Cl2F2N2. The summed E-state index contributed by atoms with van der Waals surface area (Å²) in [6, 6.07) is 4.90. The first-order valence-corrected chi connectivity index (χ1v) is 5.35. The number of rotatable bonds is 2. The molecule has 0 atom stereocenters. The highest BCUT2D eigenvalue weighted by Gasteiger charge is 2.10. The number of benzene rings is 1. The highest BCUT2D eigenvalue weighted by molar-refractivity contribution is 6.33. The molecule has 17 heavy (non-hydrogen) atoms. The van der Waals surface area contributed by atoms with Crippen molar-refractivity contribution in [3.05, 3.63) is 52.1 Å². The molecule has 0 fully saturated rings. The number of anilines is 2. The molecule has 0 amide bonds.